The number of halogens is 1. The predicted molar refractivity (Wildman–Crippen MR) is 94.9 cm³/mol. The SMILES string of the molecule is CNc1cc(C)c(NC(=O)c2ccc(C(C)=O)c(Cl)c2)cc1C. The van der Waals surface area contributed by atoms with Crippen molar-refractivity contribution in [3.8, 4) is 0 Å². The number of Topliss-reactive ketones (excluding diaryl/α,β-unsaturated/α-hetero) is 1. The lowest BCUT2D eigenvalue weighted by Gasteiger charge is -2.13. The zero-order valence-corrected chi connectivity index (χ0v) is 14.3. The number of carbonyl (C=O) groups is 2. The van der Waals surface area contributed by atoms with E-state index in [2.05, 4.69) is 10.6 Å². The predicted octanol–water partition coefficient (Wildman–Crippen LogP) is 4.45. The Balaban J connectivity index is 2.27. The summed E-state index contributed by atoms with van der Waals surface area (Å²) in [5.41, 5.74) is 4.59. The second kappa shape index (κ2) is 6.84. The van der Waals surface area contributed by atoms with Gasteiger partial charge in [0, 0.05) is 29.5 Å². The second-order valence-electron chi connectivity index (χ2n) is 5.44. The van der Waals surface area contributed by atoms with Crippen molar-refractivity contribution < 1.29 is 9.59 Å². The molecule has 1 amide bonds. The fourth-order valence-electron chi connectivity index (χ4n) is 2.36. The fraction of sp³-hybridized carbons (Fsp3) is 0.222. The van der Waals surface area contributed by atoms with Crippen LogP contribution >= 0.6 is 11.6 Å². The van der Waals surface area contributed by atoms with Crippen molar-refractivity contribution in [3.63, 3.8) is 0 Å². The first kappa shape index (κ1) is 17.0. The van der Waals surface area contributed by atoms with Gasteiger partial charge in [-0.1, -0.05) is 11.6 Å². The molecular weight excluding hydrogens is 312 g/mol. The van der Waals surface area contributed by atoms with Crippen LogP contribution in [0.3, 0.4) is 0 Å². The van der Waals surface area contributed by atoms with Gasteiger partial charge < -0.3 is 10.6 Å². The van der Waals surface area contributed by atoms with Gasteiger partial charge in [0.25, 0.3) is 5.91 Å². The number of nitrogens with one attached hydrogen (secondary N) is 2. The molecule has 0 aliphatic rings. The molecule has 0 bridgehead atoms. The van der Waals surface area contributed by atoms with Crippen LogP contribution < -0.4 is 10.6 Å². The maximum absolute atomic E-state index is 12.4. The van der Waals surface area contributed by atoms with Crippen LogP contribution in [0.5, 0.6) is 0 Å². The van der Waals surface area contributed by atoms with Crippen LogP contribution in [0.25, 0.3) is 0 Å². The molecule has 0 aliphatic heterocycles. The highest BCUT2D eigenvalue weighted by molar-refractivity contribution is 6.34. The molecule has 2 aromatic carbocycles. The summed E-state index contributed by atoms with van der Waals surface area (Å²) in [5, 5.41) is 6.28. The van der Waals surface area contributed by atoms with Gasteiger partial charge in [-0.25, -0.2) is 0 Å². The largest absolute Gasteiger partial charge is 0.388 e. The van der Waals surface area contributed by atoms with E-state index < -0.39 is 0 Å². The highest BCUT2D eigenvalue weighted by Gasteiger charge is 2.13. The minimum absolute atomic E-state index is 0.129. The summed E-state index contributed by atoms with van der Waals surface area (Å²) in [5.74, 6) is -0.391. The molecule has 5 heteroatoms. The Hall–Kier alpha value is -2.33. The van der Waals surface area contributed by atoms with Gasteiger partial charge in [-0.3, -0.25) is 9.59 Å². The van der Waals surface area contributed by atoms with Gasteiger partial charge in [-0.2, -0.15) is 0 Å². The number of hydrogen-bond acceptors (Lipinski definition) is 3. The van der Waals surface area contributed by atoms with E-state index in [1.807, 2.05) is 33.0 Å². The number of ketones is 1. The monoisotopic (exact) mass is 330 g/mol. The molecule has 0 atom stereocenters. The molecule has 0 aromatic heterocycles. The average molecular weight is 331 g/mol. The van der Waals surface area contributed by atoms with Crippen LogP contribution in [-0.2, 0) is 0 Å². The van der Waals surface area contributed by atoms with E-state index in [1.54, 1.807) is 12.1 Å². The van der Waals surface area contributed by atoms with Crippen molar-refractivity contribution in [2.24, 2.45) is 0 Å². The number of amides is 1. The van der Waals surface area contributed by atoms with E-state index in [1.165, 1.54) is 13.0 Å². The topological polar surface area (TPSA) is 58.2 Å². The van der Waals surface area contributed by atoms with Crippen LogP contribution in [-0.4, -0.2) is 18.7 Å². The zero-order valence-electron chi connectivity index (χ0n) is 13.6. The molecule has 23 heavy (non-hydrogen) atoms. The lowest BCUT2D eigenvalue weighted by atomic mass is 10.1. The minimum atomic E-state index is -0.262. The van der Waals surface area contributed by atoms with Crippen LogP contribution in [0.1, 0.15) is 38.8 Å². The molecule has 120 valence electrons. The number of carbonyl (C=O) groups excluding carboxylic acids is 2. The first-order valence-electron chi connectivity index (χ1n) is 7.24. The van der Waals surface area contributed by atoms with Crippen LogP contribution in [0.2, 0.25) is 5.02 Å². The Morgan fingerprint density at radius 2 is 1.61 bits per heavy atom. The normalized spacial score (nSPS) is 10.3. The molecule has 0 unspecified atom stereocenters. The van der Waals surface area contributed by atoms with Crippen molar-refractivity contribution in [1.29, 1.82) is 0 Å². The molecule has 0 saturated carbocycles. The Bertz CT molecular complexity index is 785. The van der Waals surface area contributed by atoms with Crippen LogP contribution in [0.15, 0.2) is 30.3 Å². The van der Waals surface area contributed by atoms with Gasteiger partial charge in [0.1, 0.15) is 0 Å². The molecule has 0 radical (unpaired) electrons. The number of anilines is 2. The van der Waals surface area contributed by atoms with Crippen LogP contribution in [0.4, 0.5) is 11.4 Å². The molecule has 0 saturated heterocycles. The van der Waals surface area contributed by atoms with E-state index in [-0.39, 0.29) is 16.7 Å². The second-order valence-corrected chi connectivity index (χ2v) is 5.84. The van der Waals surface area contributed by atoms with Crippen LogP contribution in [0, 0.1) is 13.8 Å². The third-order valence-corrected chi connectivity index (χ3v) is 4.01. The molecule has 0 fully saturated rings. The third kappa shape index (κ3) is 3.71. The highest BCUT2D eigenvalue weighted by atomic mass is 35.5. The highest BCUT2D eigenvalue weighted by Crippen LogP contribution is 2.25. The molecule has 2 aromatic rings. The Labute approximate surface area is 140 Å². The maximum atomic E-state index is 12.4. The summed E-state index contributed by atoms with van der Waals surface area (Å²) < 4.78 is 0. The van der Waals surface area contributed by atoms with Gasteiger partial charge in [0.2, 0.25) is 0 Å². The summed E-state index contributed by atoms with van der Waals surface area (Å²) in [6.45, 7) is 5.34. The van der Waals surface area contributed by atoms with Gasteiger partial charge in [0.05, 0.1) is 5.02 Å². The summed E-state index contributed by atoms with van der Waals surface area (Å²) in [7, 11) is 1.86. The quantitative estimate of drug-likeness (QED) is 0.814. The maximum Gasteiger partial charge on any atom is 0.255 e. The first-order chi connectivity index (χ1) is 10.8. The van der Waals surface area contributed by atoms with Gasteiger partial charge >= 0.3 is 0 Å². The average Bonchev–Trinajstić information content (AvgIpc) is 2.49. The van der Waals surface area contributed by atoms with E-state index in [9.17, 15) is 9.59 Å². The van der Waals surface area contributed by atoms with E-state index >= 15 is 0 Å². The van der Waals surface area contributed by atoms with E-state index in [4.69, 9.17) is 11.6 Å². The summed E-state index contributed by atoms with van der Waals surface area (Å²) in [6, 6.07) is 8.59. The van der Waals surface area contributed by atoms with Crippen molar-refractivity contribution >= 4 is 34.7 Å². The Morgan fingerprint density at radius 1 is 1.00 bits per heavy atom. The lowest BCUT2D eigenvalue weighted by Crippen LogP contribution is -2.13. The molecule has 2 N–H and O–H groups in total. The first-order valence-corrected chi connectivity index (χ1v) is 7.62. The molecule has 0 aliphatic carbocycles. The lowest BCUT2D eigenvalue weighted by molar-refractivity contribution is 0.101. The smallest absolute Gasteiger partial charge is 0.255 e. The van der Waals surface area contributed by atoms with Crippen molar-refractivity contribution in [2.45, 2.75) is 20.8 Å². The number of aryl methyl sites for hydroxylation is 2. The Morgan fingerprint density at radius 3 is 2.17 bits per heavy atom. The van der Waals surface area contributed by atoms with Gasteiger partial charge in [-0.15, -0.1) is 0 Å². The van der Waals surface area contributed by atoms with Crippen molar-refractivity contribution in [1.82, 2.24) is 0 Å². The fourth-order valence-corrected chi connectivity index (χ4v) is 2.67. The standard InChI is InChI=1S/C18H19ClN2O2/c1-10-8-17(11(2)7-16(10)20-4)21-18(23)13-5-6-14(12(3)22)15(19)9-13/h5-9,20H,1-4H3,(H,21,23). The Kier molecular flexibility index (Phi) is 5.06. The molecule has 4 nitrogen and oxygen atoms in total. The molecule has 0 spiro atoms. The minimum Gasteiger partial charge on any atom is -0.388 e. The van der Waals surface area contributed by atoms with Gasteiger partial charge in [-0.05, 0) is 62.2 Å². The zero-order chi connectivity index (χ0) is 17.1. The van der Waals surface area contributed by atoms with Crippen molar-refractivity contribution in [3.05, 3.63) is 57.6 Å². The van der Waals surface area contributed by atoms with E-state index in [0.29, 0.717) is 11.1 Å². The summed E-state index contributed by atoms with van der Waals surface area (Å²) >= 11 is 6.06. The van der Waals surface area contributed by atoms with Gasteiger partial charge in [0.15, 0.2) is 5.78 Å². The number of hydrogen-bond donors (Lipinski definition) is 2. The number of rotatable bonds is 4. The molecule has 2 rings (SSSR count). The summed E-state index contributed by atoms with van der Waals surface area (Å²) in [4.78, 5) is 23.8. The van der Waals surface area contributed by atoms with E-state index in [0.717, 1.165) is 22.5 Å². The number of benzene rings is 2. The summed E-state index contributed by atoms with van der Waals surface area (Å²) in [6.07, 6.45) is 0. The molecular formula is C18H19ClN2O2. The molecule has 0 heterocycles. The van der Waals surface area contributed by atoms with Crippen molar-refractivity contribution in [2.75, 3.05) is 17.7 Å². The third-order valence-electron chi connectivity index (χ3n) is 3.70.